The Bertz CT molecular complexity index is 726. The van der Waals surface area contributed by atoms with E-state index in [0.717, 1.165) is 5.56 Å². The molecule has 130 valence electrons. The van der Waals surface area contributed by atoms with E-state index >= 15 is 0 Å². The average Bonchev–Trinajstić information content (AvgIpc) is 2.67. The molecule has 2 aromatic rings. The lowest BCUT2D eigenvalue weighted by molar-refractivity contribution is -0.143. The number of carbonyl (C=O) groups excluding carboxylic acids is 1. The lowest BCUT2D eigenvalue weighted by Crippen LogP contribution is -2.48. The maximum Gasteiger partial charge on any atom is 0.308 e. The van der Waals surface area contributed by atoms with Crippen LogP contribution in [-0.2, 0) is 16.1 Å². The van der Waals surface area contributed by atoms with Crippen molar-refractivity contribution >= 4 is 17.8 Å². The summed E-state index contributed by atoms with van der Waals surface area (Å²) in [5, 5.41) is 12.3. The molecule has 2 atom stereocenters. The molecule has 0 unspecified atom stereocenters. The average molecular weight is 341 g/mol. The van der Waals surface area contributed by atoms with Crippen molar-refractivity contribution in [3.8, 4) is 0 Å². The number of amides is 1. The number of pyridine rings is 1. The third-order valence-corrected chi connectivity index (χ3v) is 4.20. The van der Waals surface area contributed by atoms with Crippen molar-refractivity contribution < 1.29 is 14.7 Å². The molecule has 1 aliphatic heterocycles. The molecule has 1 saturated heterocycles. The molecular formula is C17H19N5O3. The predicted molar refractivity (Wildman–Crippen MR) is 89.6 cm³/mol. The van der Waals surface area contributed by atoms with Crippen LogP contribution in [-0.4, -0.2) is 45.0 Å². The molecule has 8 nitrogen and oxygen atoms in total. The standard InChI is InChI=1S/C17H19N5O3/c23-15(21-9-12-3-1-4-18-8-12)13-7-14(16(24)25)11-22(10-13)17-19-5-2-6-20-17/h1-6,8,13-14H,7,9-11H2,(H,21,23)(H,24,25)/t13-,14+/m1/s1. The Morgan fingerprint density at radius 2 is 1.92 bits per heavy atom. The second-order valence-electron chi connectivity index (χ2n) is 6.00. The first-order valence-electron chi connectivity index (χ1n) is 8.05. The van der Waals surface area contributed by atoms with E-state index in [-0.39, 0.29) is 5.91 Å². The summed E-state index contributed by atoms with van der Waals surface area (Å²) in [5.74, 6) is -1.71. The van der Waals surface area contributed by atoms with Crippen LogP contribution >= 0.6 is 0 Å². The monoisotopic (exact) mass is 341 g/mol. The minimum atomic E-state index is -0.911. The molecule has 0 aromatic carbocycles. The van der Waals surface area contributed by atoms with Crippen molar-refractivity contribution in [1.82, 2.24) is 20.3 Å². The van der Waals surface area contributed by atoms with Gasteiger partial charge in [-0.25, -0.2) is 9.97 Å². The van der Waals surface area contributed by atoms with E-state index < -0.39 is 17.8 Å². The van der Waals surface area contributed by atoms with Crippen LogP contribution in [0.15, 0.2) is 43.0 Å². The van der Waals surface area contributed by atoms with Crippen molar-refractivity contribution in [2.45, 2.75) is 13.0 Å². The van der Waals surface area contributed by atoms with Crippen LogP contribution in [0, 0.1) is 11.8 Å². The highest BCUT2D eigenvalue weighted by molar-refractivity contribution is 5.81. The predicted octanol–water partition coefficient (Wildman–Crippen LogP) is 0.715. The number of aliphatic carboxylic acids is 1. The number of hydrogen-bond donors (Lipinski definition) is 2. The van der Waals surface area contributed by atoms with E-state index in [2.05, 4.69) is 20.3 Å². The third-order valence-electron chi connectivity index (χ3n) is 4.20. The van der Waals surface area contributed by atoms with Gasteiger partial charge in [0.1, 0.15) is 0 Å². The van der Waals surface area contributed by atoms with Crippen molar-refractivity contribution in [2.75, 3.05) is 18.0 Å². The number of rotatable bonds is 5. The van der Waals surface area contributed by atoms with Crippen molar-refractivity contribution in [1.29, 1.82) is 0 Å². The van der Waals surface area contributed by atoms with Gasteiger partial charge in [0.25, 0.3) is 0 Å². The van der Waals surface area contributed by atoms with Crippen LogP contribution in [0.3, 0.4) is 0 Å². The maximum absolute atomic E-state index is 12.5. The Hall–Kier alpha value is -3.03. The number of carboxylic acids is 1. The molecule has 1 fully saturated rings. The number of nitrogens with one attached hydrogen (secondary N) is 1. The Labute approximate surface area is 144 Å². The molecular weight excluding hydrogens is 322 g/mol. The molecule has 2 aromatic heterocycles. The smallest absolute Gasteiger partial charge is 0.308 e. The van der Waals surface area contributed by atoms with Gasteiger partial charge in [-0.3, -0.25) is 14.6 Å². The van der Waals surface area contributed by atoms with Gasteiger partial charge in [-0.05, 0) is 24.1 Å². The number of piperidine rings is 1. The highest BCUT2D eigenvalue weighted by Crippen LogP contribution is 2.25. The summed E-state index contributed by atoms with van der Waals surface area (Å²) in [5.41, 5.74) is 0.893. The SMILES string of the molecule is O=C(O)[C@H]1C[C@@H](C(=O)NCc2cccnc2)CN(c2ncccn2)C1. The van der Waals surface area contributed by atoms with Crippen LogP contribution < -0.4 is 10.2 Å². The molecule has 2 N–H and O–H groups in total. The quantitative estimate of drug-likeness (QED) is 0.824. The number of carboxylic acid groups (broad SMARTS) is 1. The number of carbonyl (C=O) groups is 2. The van der Waals surface area contributed by atoms with E-state index in [1.807, 2.05) is 6.07 Å². The lowest BCUT2D eigenvalue weighted by atomic mass is 9.88. The first kappa shape index (κ1) is 16.8. The lowest BCUT2D eigenvalue weighted by Gasteiger charge is -2.35. The molecule has 8 heteroatoms. The van der Waals surface area contributed by atoms with Gasteiger partial charge in [0.05, 0.1) is 11.8 Å². The zero-order valence-corrected chi connectivity index (χ0v) is 13.6. The Kier molecular flexibility index (Phi) is 5.17. The van der Waals surface area contributed by atoms with E-state index in [1.54, 1.807) is 41.8 Å². The highest BCUT2D eigenvalue weighted by atomic mass is 16.4. The van der Waals surface area contributed by atoms with E-state index in [1.165, 1.54) is 0 Å². The molecule has 3 rings (SSSR count). The second-order valence-corrected chi connectivity index (χ2v) is 6.00. The number of nitrogens with zero attached hydrogens (tertiary/aromatic N) is 4. The molecule has 25 heavy (non-hydrogen) atoms. The fraction of sp³-hybridized carbons (Fsp3) is 0.353. The molecule has 0 aliphatic carbocycles. The Morgan fingerprint density at radius 1 is 1.16 bits per heavy atom. The topological polar surface area (TPSA) is 108 Å². The molecule has 0 bridgehead atoms. The van der Waals surface area contributed by atoms with Gasteiger partial charge >= 0.3 is 5.97 Å². The van der Waals surface area contributed by atoms with Crippen molar-refractivity contribution in [2.24, 2.45) is 11.8 Å². The number of anilines is 1. The third kappa shape index (κ3) is 4.28. The van der Waals surface area contributed by atoms with E-state index in [0.29, 0.717) is 32.0 Å². The normalized spacial score (nSPS) is 20.1. The first-order valence-corrected chi connectivity index (χ1v) is 8.05. The number of hydrogen-bond acceptors (Lipinski definition) is 6. The molecule has 0 spiro atoms. The summed E-state index contributed by atoms with van der Waals surface area (Å²) in [6, 6.07) is 5.37. The van der Waals surface area contributed by atoms with Crippen molar-refractivity contribution in [3.63, 3.8) is 0 Å². The summed E-state index contributed by atoms with van der Waals surface area (Å²) < 4.78 is 0. The summed E-state index contributed by atoms with van der Waals surface area (Å²) in [7, 11) is 0. The van der Waals surface area contributed by atoms with Gasteiger partial charge in [-0.15, -0.1) is 0 Å². The minimum absolute atomic E-state index is 0.171. The summed E-state index contributed by atoms with van der Waals surface area (Å²) >= 11 is 0. The van der Waals surface area contributed by atoms with Crippen LogP contribution in [0.2, 0.25) is 0 Å². The summed E-state index contributed by atoms with van der Waals surface area (Å²) in [6.07, 6.45) is 6.86. The molecule has 0 radical (unpaired) electrons. The zero-order chi connectivity index (χ0) is 17.6. The summed E-state index contributed by atoms with van der Waals surface area (Å²) in [6.45, 7) is 1.06. The summed E-state index contributed by atoms with van der Waals surface area (Å²) in [4.78, 5) is 38.1. The van der Waals surface area contributed by atoms with Crippen LogP contribution in [0.25, 0.3) is 0 Å². The largest absolute Gasteiger partial charge is 0.481 e. The van der Waals surface area contributed by atoms with Gasteiger partial charge in [-0.2, -0.15) is 0 Å². The molecule has 3 heterocycles. The van der Waals surface area contributed by atoms with Crippen molar-refractivity contribution in [3.05, 3.63) is 48.5 Å². The molecule has 1 aliphatic rings. The van der Waals surface area contributed by atoms with Crippen LogP contribution in [0.4, 0.5) is 5.95 Å². The Balaban J connectivity index is 1.68. The Morgan fingerprint density at radius 3 is 2.60 bits per heavy atom. The fourth-order valence-corrected chi connectivity index (χ4v) is 2.92. The van der Waals surface area contributed by atoms with E-state index in [9.17, 15) is 14.7 Å². The van der Waals surface area contributed by atoms with Gasteiger partial charge < -0.3 is 15.3 Å². The van der Waals surface area contributed by atoms with E-state index in [4.69, 9.17) is 0 Å². The van der Waals surface area contributed by atoms with Crippen LogP contribution in [0.1, 0.15) is 12.0 Å². The van der Waals surface area contributed by atoms with Gasteiger partial charge in [0.2, 0.25) is 11.9 Å². The zero-order valence-electron chi connectivity index (χ0n) is 13.6. The van der Waals surface area contributed by atoms with Crippen LogP contribution in [0.5, 0.6) is 0 Å². The number of aromatic nitrogens is 3. The molecule has 1 amide bonds. The van der Waals surface area contributed by atoms with Gasteiger partial charge in [0, 0.05) is 44.4 Å². The minimum Gasteiger partial charge on any atom is -0.481 e. The molecule has 0 saturated carbocycles. The fourth-order valence-electron chi connectivity index (χ4n) is 2.92. The second kappa shape index (κ2) is 7.69. The first-order chi connectivity index (χ1) is 12.1. The van der Waals surface area contributed by atoms with Gasteiger partial charge in [-0.1, -0.05) is 6.07 Å². The maximum atomic E-state index is 12.5. The van der Waals surface area contributed by atoms with Gasteiger partial charge in [0.15, 0.2) is 0 Å². The highest BCUT2D eigenvalue weighted by Gasteiger charge is 2.36.